The highest BCUT2D eigenvalue weighted by molar-refractivity contribution is 6.01. The summed E-state index contributed by atoms with van der Waals surface area (Å²) < 4.78 is 0. The van der Waals surface area contributed by atoms with Crippen LogP contribution in [-0.2, 0) is 0 Å². The molecule has 3 rings (SSSR count). The second kappa shape index (κ2) is 6.16. The molecule has 1 amide bonds. The number of rotatable bonds is 3. The van der Waals surface area contributed by atoms with Crippen molar-refractivity contribution in [1.29, 1.82) is 0 Å². The van der Waals surface area contributed by atoms with E-state index in [4.69, 9.17) is 5.73 Å². The third-order valence-corrected chi connectivity index (χ3v) is 4.82. The molecule has 2 heterocycles. The number of amides is 1. The third-order valence-electron chi connectivity index (χ3n) is 4.82. The van der Waals surface area contributed by atoms with Crippen LogP contribution in [0.25, 0.3) is 0 Å². The van der Waals surface area contributed by atoms with Crippen LogP contribution in [0.2, 0.25) is 0 Å². The molecule has 1 aromatic rings. The Morgan fingerprint density at radius 2 is 1.64 bits per heavy atom. The number of nitrogens with two attached hydrogens (primary N) is 1. The van der Waals surface area contributed by atoms with Gasteiger partial charge in [0.25, 0.3) is 5.91 Å². The quantitative estimate of drug-likeness (QED) is 0.886. The molecule has 2 saturated heterocycles. The van der Waals surface area contributed by atoms with E-state index < -0.39 is 0 Å². The summed E-state index contributed by atoms with van der Waals surface area (Å²) in [6.07, 6.45) is 2.38. The second-order valence-corrected chi connectivity index (χ2v) is 6.36. The molecular formula is C17H26N4O. The van der Waals surface area contributed by atoms with Gasteiger partial charge < -0.3 is 20.9 Å². The molecule has 0 saturated carbocycles. The van der Waals surface area contributed by atoms with Crippen LogP contribution in [0.4, 0.5) is 11.4 Å². The molecule has 2 aliphatic rings. The lowest BCUT2D eigenvalue weighted by Crippen LogP contribution is -2.44. The van der Waals surface area contributed by atoms with Crippen LogP contribution in [0, 0.1) is 13.8 Å². The number of carbonyl (C=O) groups is 1. The van der Waals surface area contributed by atoms with Gasteiger partial charge in [0.05, 0.1) is 11.3 Å². The van der Waals surface area contributed by atoms with Crippen molar-refractivity contribution in [3.63, 3.8) is 0 Å². The van der Waals surface area contributed by atoms with Gasteiger partial charge in [0.2, 0.25) is 0 Å². The van der Waals surface area contributed by atoms with Crippen molar-refractivity contribution in [2.75, 3.05) is 49.1 Å². The van der Waals surface area contributed by atoms with Gasteiger partial charge >= 0.3 is 0 Å². The lowest BCUT2D eigenvalue weighted by Gasteiger charge is -2.34. The average molecular weight is 302 g/mol. The molecule has 5 nitrogen and oxygen atoms in total. The summed E-state index contributed by atoms with van der Waals surface area (Å²) in [6.45, 7) is 10.3. The SMILES string of the molecule is Cc1cc(C(N)=O)c(N2CCCC2)c(C)c1N1CCNCC1. The summed E-state index contributed by atoms with van der Waals surface area (Å²) in [5, 5.41) is 3.40. The van der Waals surface area contributed by atoms with Gasteiger partial charge in [-0.05, 0) is 43.9 Å². The number of nitrogens with one attached hydrogen (secondary N) is 1. The zero-order valence-corrected chi connectivity index (χ0v) is 13.6. The second-order valence-electron chi connectivity index (χ2n) is 6.36. The van der Waals surface area contributed by atoms with E-state index in [1.807, 2.05) is 6.07 Å². The van der Waals surface area contributed by atoms with E-state index in [1.54, 1.807) is 0 Å². The lowest BCUT2D eigenvalue weighted by molar-refractivity contribution is 0.100. The molecule has 22 heavy (non-hydrogen) atoms. The molecule has 2 fully saturated rings. The monoisotopic (exact) mass is 302 g/mol. The molecule has 1 aromatic carbocycles. The molecule has 0 unspecified atom stereocenters. The zero-order valence-electron chi connectivity index (χ0n) is 13.6. The minimum Gasteiger partial charge on any atom is -0.371 e. The standard InChI is InChI=1S/C17H26N4O/c1-12-11-14(17(18)22)16(20-7-3-4-8-20)13(2)15(12)21-9-5-19-6-10-21/h11,19H,3-10H2,1-2H3,(H2,18,22). The highest BCUT2D eigenvalue weighted by Crippen LogP contribution is 2.37. The Labute approximate surface area is 132 Å². The Morgan fingerprint density at radius 3 is 2.23 bits per heavy atom. The minimum absolute atomic E-state index is 0.319. The van der Waals surface area contributed by atoms with Gasteiger partial charge in [0.1, 0.15) is 0 Å². The molecule has 120 valence electrons. The summed E-state index contributed by atoms with van der Waals surface area (Å²) in [5.74, 6) is -0.319. The first kappa shape index (κ1) is 15.2. The van der Waals surface area contributed by atoms with E-state index in [0.717, 1.165) is 50.5 Å². The van der Waals surface area contributed by atoms with Crippen molar-refractivity contribution in [3.05, 3.63) is 22.8 Å². The maximum Gasteiger partial charge on any atom is 0.250 e. The summed E-state index contributed by atoms with van der Waals surface area (Å²) in [5.41, 5.74) is 11.0. The van der Waals surface area contributed by atoms with Gasteiger partial charge in [-0.2, -0.15) is 0 Å². The molecule has 0 bridgehead atoms. The highest BCUT2D eigenvalue weighted by Gasteiger charge is 2.25. The Kier molecular flexibility index (Phi) is 4.25. The topological polar surface area (TPSA) is 61.6 Å². The Hall–Kier alpha value is -1.75. The minimum atomic E-state index is -0.319. The van der Waals surface area contributed by atoms with Crippen molar-refractivity contribution in [1.82, 2.24) is 5.32 Å². The number of nitrogens with zero attached hydrogens (tertiary/aromatic N) is 2. The first-order valence-corrected chi connectivity index (χ1v) is 8.24. The number of anilines is 2. The van der Waals surface area contributed by atoms with Crippen LogP contribution >= 0.6 is 0 Å². The van der Waals surface area contributed by atoms with E-state index in [9.17, 15) is 4.79 Å². The van der Waals surface area contributed by atoms with Crippen molar-refractivity contribution >= 4 is 17.3 Å². The Bertz CT molecular complexity index is 573. The fraction of sp³-hybridized carbons (Fsp3) is 0.588. The van der Waals surface area contributed by atoms with Gasteiger partial charge in [-0.1, -0.05) is 0 Å². The summed E-state index contributed by atoms with van der Waals surface area (Å²) >= 11 is 0. The van der Waals surface area contributed by atoms with Crippen molar-refractivity contribution < 1.29 is 4.79 Å². The van der Waals surface area contributed by atoms with Gasteiger partial charge in [0, 0.05) is 45.0 Å². The van der Waals surface area contributed by atoms with E-state index in [2.05, 4.69) is 29.0 Å². The fourth-order valence-corrected chi connectivity index (χ4v) is 3.87. The average Bonchev–Trinajstić information content (AvgIpc) is 3.01. The maximum absolute atomic E-state index is 11.9. The normalized spacial score (nSPS) is 18.8. The fourth-order valence-electron chi connectivity index (χ4n) is 3.87. The summed E-state index contributed by atoms with van der Waals surface area (Å²) in [4.78, 5) is 16.7. The first-order chi connectivity index (χ1) is 10.6. The highest BCUT2D eigenvalue weighted by atomic mass is 16.1. The van der Waals surface area contributed by atoms with E-state index >= 15 is 0 Å². The van der Waals surface area contributed by atoms with Crippen LogP contribution in [-0.4, -0.2) is 45.2 Å². The molecule has 0 radical (unpaired) electrons. The van der Waals surface area contributed by atoms with Crippen molar-refractivity contribution in [2.24, 2.45) is 5.73 Å². The van der Waals surface area contributed by atoms with Crippen LogP contribution in [0.5, 0.6) is 0 Å². The molecule has 0 aliphatic carbocycles. The van der Waals surface area contributed by atoms with E-state index in [-0.39, 0.29) is 5.91 Å². The number of benzene rings is 1. The van der Waals surface area contributed by atoms with Crippen LogP contribution in [0.1, 0.15) is 34.3 Å². The van der Waals surface area contributed by atoms with Gasteiger partial charge in [0.15, 0.2) is 0 Å². The number of hydrogen-bond donors (Lipinski definition) is 2. The summed E-state index contributed by atoms with van der Waals surface area (Å²) in [7, 11) is 0. The molecule has 5 heteroatoms. The Morgan fingerprint density at radius 1 is 1.05 bits per heavy atom. The van der Waals surface area contributed by atoms with Gasteiger partial charge in [-0.15, -0.1) is 0 Å². The van der Waals surface area contributed by atoms with Crippen LogP contribution < -0.4 is 20.9 Å². The first-order valence-electron chi connectivity index (χ1n) is 8.24. The van der Waals surface area contributed by atoms with Crippen molar-refractivity contribution in [2.45, 2.75) is 26.7 Å². The third kappa shape index (κ3) is 2.65. The number of piperazine rings is 1. The van der Waals surface area contributed by atoms with E-state index in [1.165, 1.54) is 24.1 Å². The van der Waals surface area contributed by atoms with Crippen LogP contribution in [0.3, 0.4) is 0 Å². The lowest BCUT2D eigenvalue weighted by atomic mass is 9.98. The summed E-state index contributed by atoms with van der Waals surface area (Å²) in [6, 6.07) is 1.99. The van der Waals surface area contributed by atoms with Gasteiger partial charge in [-0.3, -0.25) is 4.79 Å². The number of carbonyl (C=O) groups excluding carboxylic acids is 1. The number of hydrogen-bond acceptors (Lipinski definition) is 4. The largest absolute Gasteiger partial charge is 0.371 e. The predicted molar refractivity (Wildman–Crippen MR) is 91.0 cm³/mol. The molecule has 2 aliphatic heterocycles. The van der Waals surface area contributed by atoms with Gasteiger partial charge in [-0.25, -0.2) is 0 Å². The molecular weight excluding hydrogens is 276 g/mol. The molecule has 0 aromatic heterocycles. The Balaban J connectivity index is 2.10. The molecule has 0 spiro atoms. The smallest absolute Gasteiger partial charge is 0.250 e. The maximum atomic E-state index is 11.9. The molecule has 3 N–H and O–H groups in total. The van der Waals surface area contributed by atoms with E-state index in [0.29, 0.717) is 5.56 Å². The predicted octanol–water partition coefficient (Wildman–Crippen LogP) is 1.41. The van der Waals surface area contributed by atoms with Crippen molar-refractivity contribution in [3.8, 4) is 0 Å². The van der Waals surface area contributed by atoms with Crippen LogP contribution in [0.15, 0.2) is 6.07 Å². The molecule has 0 atom stereocenters. The zero-order chi connectivity index (χ0) is 15.7. The number of aryl methyl sites for hydroxylation is 1. The number of primary amides is 1.